The number of thioether (sulfide) groups is 1. The molecule has 3 heteroatoms. The second kappa shape index (κ2) is 4.90. The SMILES string of the molecule is CC1CN(Cc2cccc(N)c2)CCS1. The van der Waals surface area contributed by atoms with Crippen LogP contribution in [-0.4, -0.2) is 29.0 Å². The molecular formula is C12H18N2S. The third-order valence-corrected chi connectivity index (χ3v) is 3.82. The van der Waals surface area contributed by atoms with Crippen LogP contribution in [0, 0.1) is 0 Å². The number of hydrogen-bond acceptors (Lipinski definition) is 3. The summed E-state index contributed by atoms with van der Waals surface area (Å²) in [6.07, 6.45) is 0. The fourth-order valence-electron chi connectivity index (χ4n) is 1.98. The molecule has 1 aromatic carbocycles. The van der Waals surface area contributed by atoms with E-state index >= 15 is 0 Å². The largest absolute Gasteiger partial charge is 0.399 e. The number of nitrogens with two attached hydrogens (primary N) is 1. The van der Waals surface area contributed by atoms with Crippen LogP contribution in [0.1, 0.15) is 12.5 Å². The number of hydrogen-bond donors (Lipinski definition) is 1. The molecule has 1 saturated heterocycles. The van der Waals surface area contributed by atoms with Crippen molar-refractivity contribution in [3.63, 3.8) is 0 Å². The summed E-state index contributed by atoms with van der Waals surface area (Å²) < 4.78 is 0. The summed E-state index contributed by atoms with van der Waals surface area (Å²) in [5, 5.41) is 0.764. The summed E-state index contributed by atoms with van der Waals surface area (Å²) in [6, 6.07) is 8.21. The molecule has 2 nitrogen and oxygen atoms in total. The highest BCUT2D eigenvalue weighted by atomic mass is 32.2. The van der Waals surface area contributed by atoms with E-state index in [1.807, 2.05) is 12.1 Å². The van der Waals surface area contributed by atoms with Crippen LogP contribution < -0.4 is 5.73 Å². The van der Waals surface area contributed by atoms with Crippen molar-refractivity contribution in [1.29, 1.82) is 0 Å². The van der Waals surface area contributed by atoms with Crippen LogP contribution in [0.5, 0.6) is 0 Å². The second-order valence-electron chi connectivity index (χ2n) is 4.16. The van der Waals surface area contributed by atoms with E-state index in [1.54, 1.807) is 0 Å². The van der Waals surface area contributed by atoms with E-state index in [0.717, 1.165) is 17.5 Å². The molecule has 2 rings (SSSR count). The Morgan fingerprint density at radius 1 is 1.53 bits per heavy atom. The van der Waals surface area contributed by atoms with Crippen molar-refractivity contribution in [1.82, 2.24) is 4.90 Å². The van der Waals surface area contributed by atoms with Gasteiger partial charge in [-0.1, -0.05) is 19.1 Å². The minimum absolute atomic E-state index is 0.764. The fraction of sp³-hybridized carbons (Fsp3) is 0.500. The van der Waals surface area contributed by atoms with Crippen LogP contribution in [0.25, 0.3) is 0 Å². The minimum Gasteiger partial charge on any atom is -0.399 e. The van der Waals surface area contributed by atoms with Gasteiger partial charge in [0, 0.05) is 36.3 Å². The summed E-state index contributed by atoms with van der Waals surface area (Å²) in [7, 11) is 0. The third kappa shape index (κ3) is 3.14. The van der Waals surface area contributed by atoms with Crippen molar-refractivity contribution in [2.75, 3.05) is 24.6 Å². The molecule has 2 N–H and O–H groups in total. The zero-order valence-electron chi connectivity index (χ0n) is 9.15. The third-order valence-electron chi connectivity index (χ3n) is 2.68. The molecule has 0 saturated carbocycles. The molecule has 1 aliphatic heterocycles. The summed E-state index contributed by atoms with van der Waals surface area (Å²) in [4.78, 5) is 2.51. The number of benzene rings is 1. The van der Waals surface area contributed by atoms with Gasteiger partial charge < -0.3 is 5.73 Å². The molecule has 1 fully saturated rings. The Morgan fingerprint density at radius 3 is 3.13 bits per heavy atom. The van der Waals surface area contributed by atoms with Gasteiger partial charge in [0.15, 0.2) is 0 Å². The standard InChI is InChI=1S/C12H18N2S/c1-10-8-14(5-6-15-10)9-11-3-2-4-12(13)7-11/h2-4,7,10H,5-6,8-9,13H2,1H3. The van der Waals surface area contributed by atoms with E-state index in [9.17, 15) is 0 Å². The molecule has 0 radical (unpaired) electrons. The Labute approximate surface area is 95.8 Å². The molecule has 0 bridgehead atoms. The van der Waals surface area contributed by atoms with Gasteiger partial charge in [0.25, 0.3) is 0 Å². The maximum Gasteiger partial charge on any atom is 0.0317 e. The van der Waals surface area contributed by atoms with Crippen molar-refractivity contribution >= 4 is 17.4 Å². The van der Waals surface area contributed by atoms with Gasteiger partial charge in [-0.15, -0.1) is 0 Å². The van der Waals surface area contributed by atoms with Crippen molar-refractivity contribution in [2.24, 2.45) is 0 Å². The molecule has 0 aliphatic carbocycles. The Kier molecular flexibility index (Phi) is 3.54. The normalized spacial score (nSPS) is 22.9. The van der Waals surface area contributed by atoms with E-state index in [-0.39, 0.29) is 0 Å². The molecule has 1 aromatic rings. The van der Waals surface area contributed by atoms with Crippen LogP contribution >= 0.6 is 11.8 Å². The van der Waals surface area contributed by atoms with Gasteiger partial charge in [0.2, 0.25) is 0 Å². The predicted molar refractivity (Wildman–Crippen MR) is 68.1 cm³/mol. The Bertz CT molecular complexity index is 327. The highest BCUT2D eigenvalue weighted by Crippen LogP contribution is 2.19. The first-order valence-corrected chi connectivity index (χ1v) is 6.47. The molecule has 0 spiro atoms. The van der Waals surface area contributed by atoms with Gasteiger partial charge in [-0.3, -0.25) is 4.90 Å². The van der Waals surface area contributed by atoms with Crippen LogP contribution in [0.2, 0.25) is 0 Å². The lowest BCUT2D eigenvalue weighted by Gasteiger charge is -2.30. The Balaban J connectivity index is 1.96. The Hall–Kier alpha value is -0.670. The van der Waals surface area contributed by atoms with Crippen LogP contribution in [0.3, 0.4) is 0 Å². The van der Waals surface area contributed by atoms with Crippen LogP contribution in [-0.2, 0) is 6.54 Å². The average Bonchev–Trinajstić information content (AvgIpc) is 2.17. The lowest BCUT2D eigenvalue weighted by atomic mass is 10.2. The molecule has 0 amide bonds. The lowest BCUT2D eigenvalue weighted by molar-refractivity contribution is 0.278. The van der Waals surface area contributed by atoms with E-state index in [0.29, 0.717) is 0 Å². The topological polar surface area (TPSA) is 29.3 Å². The van der Waals surface area contributed by atoms with Crippen molar-refractivity contribution in [3.8, 4) is 0 Å². The minimum atomic E-state index is 0.764. The summed E-state index contributed by atoms with van der Waals surface area (Å²) in [6.45, 7) is 5.73. The summed E-state index contributed by atoms with van der Waals surface area (Å²) in [5.74, 6) is 1.25. The van der Waals surface area contributed by atoms with Gasteiger partial charge in [-0.25, -0.2) is 0 Å². The molecule has 1 unspecified atom stereocenters. The number of nitrogen functional groups attached to an aromatic ring is 1. The first-order valence-electron chi connectivity index (χ1n) is 5.42. The molecule has 1 atom stereocenters. The first kappa shape index (κ1) is 10.8. The smallest absolute Gasteiger partial charge is 0.0317 e. The maximum atomic E-state index is 5.77. The van der Waals surface area contributed by atoms with Crippen molar-refractivity contribution < 1.29 is 0 Å². The Morgan fingerprint density at radius 2 is 2.40 bits per heavy atom. The quantitative estimate of drug-likeness (QED) is 0.778. The molecule has 15 heavy (non-hydrogen) atoms. The van der Waals surface area contributed by atoms with Gasteiger partial charge >= 0.3 is 0 Å². The average molecular weight is 222 g/mol. The van der Waals surface area contributed by atoms with Crippen molar-refractivity contribution in [2.45, 2.75) is 18.7 Å². The molecule has 1 heterocycles. The lowest BCUT2D eigenvalue weighted by Crippen LogP contribution is -2.35. The molecule has 82 valence electrons. The van der Waals surface area contributed by atoms with Crippen LogP contribution in [0.15, 0.2) is 24.3 Å². The van der Waals surface area contributed by atoms with Crippen LogP contribution in [0.4, 0.5) is 5.69 Å². The highest BCUT2D eigenvalue weighted by Gasteiger charge is 2.16. The number of nitrogens with zero attached hydrogens (tertiary/aromatic N) is 1. The monoisotopic (exact) mass is 222 g/mol. The van der Waals surface area contributed by atoms with Gasteiger partial charge in [0.1, 0.15) is 0 Å². The zero-order valence-corrected chi connectivity index (χ0v) is 9.96. The van der Waals surface area contributed by atoms with Gasteiger partial charge in [-0.05, 0) is 17.7 Å². The first-order chi connectivity index (χ1) is 7.24. The van der Waals surface area contributed by atoms with Gasteiger partial charge in [0.05, 0.1) is 0 Å². The molecule has 0 aromatic heterocycles. The zero-order chi connectivity index (χ0) is 10.7. The summed E-state index contributed by atoms with van der Waals surface area (Å²) >= 11 is 2.07. The maximum absolute atomic E-state index is 5.77. The fourth-order valence-corrected chi connectivity index (χ4v) is 3.07. The molecular weight excluding hydrogens is 204 g/mol. The van der Waals surface area contributed by atoms with Crippen molar-refractivity contribution in [3.05, 3.63) is 29.8 Å². The predicted octanol–water partition coefficient (Wildman–Crippen LogP) is 2.21. The number of anilines is 1. The van der Waals surface area contributed by atoms with E-state index in [4.69, 9.17) is 5.73 Å². The highest BCUT2D eigenvalue weighted by molar-refractivity contribution is 7.99. The van der Waals surface area contributed by atoms with E-state index in [2.05, 4.69) is 35.7 Å². The van der Waals surface area contributed by atoms with E-state index in [1.165, 1.54) is 24.4 Å². The second-order valence-corrected chi connectivity index (χ2v) is 5.71. The van der Waals surface area contributed by atoms with E-state index < -0.39 is 0 Å². The number of rotatable bonds is 2. The van der Waals surface area contributed by atoms with Gasteiger partial charge in [-0.2, -0.15) is 11.8 Å². The molecule has 1 aliphatic rings. The summed E-state index contributed by atoms with van der Waals surface area (Å²) in [5.41, 5.74) is 7.96.